The van der Waals surface area contributed by atoms with Gasteiger partial charge in [0.25, 0.3) is 0 Å². The van der Waals surface area contributed by atoms with Gasteiger partial charge in [-0.3, -0.25) is 9.59 Å². The minimum absolute atomic E-state index is 0.104. The van der Waals surface area contributed by atoms with Crippen molar-refractivity contribution in [1.82, 2.24) is 10.2 Å². The maximum Gasteiger partial charge on any atom is 0.242 e. The summed E-state index contributed by atoms with van der Waals surface area (Å²) < 4.78 is 16.1. The molecule has 30 heavy (non-hydrogen) atoms. The Bertz CT molecular complexity index is 823. The smallest absolute Gasteiger partial charge is 0.242 e. The molecule has 7 heteroatoms. The van der Waals surface area contributed by atoms with Gasteiger partial charge in [0.15, 0.2) is 0 Å². The van der Waals surface area contributed by atoms with Crippen LogP contribution in [-0.2, 0) is 16.1 Å². The number of nitrogens with zero attached hydrogens (tertiary/aromatic N) is 1. The van der Waals surface area contributed by atoms with Crippen molar-refractivity contribution >= 4 is 11.8 Å². The first kappa shape index (κ1) is 23.1. The highest BCUT2D eigenvalue weighted by molar-refractivity contribution is 5.87. The number of hydrogen-bond donors (Lipinski definition) is 1. The number of hydrogen-bond acceptors (Lipinski definition) is 5. The summed E-state index contributed by atoms with van der Waals surface area (Å²) in [7, 11) is 4.77. The van der Waals surface area contributed by atoms with E-state index in [1.807, 2.05) is 48.5 Å². The van der Waals surface area contributed by atoms with E-state index in [1.165, 1.54) is 0 Å². The second kappa shape index (κ2) is 11.7. The molecule has 0 spiro atoms. The summed E-state index contributed by atoms with van der Waals surface area (Å²) in [5, 5.41) is 2.61. The maximum atomic E-state index is 12.9. The lowest BCUT2D eigenvalue weighted by molar-refractivity contribution is -0.140. The van der Waals surface area contributed by atoms with Crippen LogP contribution in [0.15, 0.2) is 48.5 Å². The van der Waals surface area contributed by atoms with Crippen molar-refractivity contribution in [2.45, 2.75) is 32.4 Å². The molecule has 0 aromatic heterocycles. The lowest BCUT2D eigenvalue weighted by Gasteiger charge is -2.28. The molecule has 0 saturated carbocycles. The van der Waals surface area contributed by atoms with Gasteiger partial charge in [-0.15, -0.1) is 0 Å². The van der Waals surface area contributed by atoms with Crippen molar-refractivity contribution in [3.63, 3.8) is 0 Å². The first-order valence-electron chi connectivity index (χ1n) is 9.89. The maximum absolute atomic E-state index is 12.9. The molecule has 0 aliphatic carbocycles. The predicted molar refractivity (Wildman–Crippen MR) is 115 cm³/mol. The summed E-state index contributed by atoms with van der Waals surface area (Å²) in [6.45, 7) is 2.45. The second-order valence-corrected chi connectivity index (χ2v) is 6.79. The molecule has 7 nitrogen and oxygen atoms in total. The molecular weight excluding hydrogens is 384 g/mol. The summed E-state index contributed by atoms with van der Waals surface area (Å²) in [4.78, 5) is 26.7. The Morgan fingerprint density at radius 2 is 1.67 bits per heavy atom. The molecule has 2 rings (SSSR count). The van der Waals surface area contributed by atoms with Crippen LogP contribution in [0.3, 0.4) is 0 Å². The lowest BCUT2D eigenvalue weighted by Crippen LogP contribution is -2.46. The van der Waals surface area contributed by atoms with Crippen molar-refractivity contribution < 1.29 is 23.8 Å². The molecule has 0 aliphatic rings. The van der Waals surface area contributed by atoms with Crippen molar-refractivity contribution in [3.05, 3.63) is 54.1 Å². The highest BCUT2D eigenvalue weighted by atomic mass is 16.5. The van der Waals surface area contributed by atoms with Gasteiger partial charge < -0.3 is 24.4 Å². The average Bonchev–Trinajstić information content (AvgIpc) is 2.79. The molecule has 0 heterocycles. The highest BCUT2D eigenvalue weighted by Gasteiger charge is 2.25. The van der Waals surface area contributed by atoms with Crippen LogP contribution >= 0.6 is 0 Å². The molecule has 2 aromatic carbocycles. The second-order valence-electron chi connectivity index (χ2n) is 6.79. The van der Waals surface area contributed by atoms with Gasteiger partial charge in [-0.1, -0.05) is 12.1 Å². The van der Waals surface area contributed by atoms with Crippen LogP contribution in [0.25, 0.3) is 0 Å². The zero-order valence-electron chi connectivity index (χ0n) is 18.0. The Hall–Kier alpha value is -3.22. The van der Waals surface area contributed by atoms with E-state index in [1.54, 1.807) is 33.1 Å². The zero-order chi connectivity index (χ0) is 21.9. The highest BCUT2D eigenvalue weighted by Crippen LogP contribution is 2.19. The van der Waals surface area contributed by atoms with Gasteiger partial charge in [-0.05, 0) is 55.3 Å². The molecule has 0 saturated heterocycles. The summed E-state index contributed by atoms with van der Waals surface area (Å²) >= 11 is 0. The average molecular weight is 415 g/mol. The Kier molecular flexibility index (Phi) is 9.00. The van der Waals surface area contributed by atoms with Gasteiger partial charge in [0.1, 0.15) is 23.3 Å². The van der Waals surface area contributed by atoms with E-state index in [9.17, 15) is 9.59 Å². The van der Waals surface area contributed by atoms with Gasteiger partial charge >= 0.3 is 0 Å². The molecule has 2 amide bonds. The number of rotatable bonds is 11. The Balaban J connectivity index is 1.96. The minimum Gasteiger partial charge on any atom is -0.497 e. The molecule has 1 unspecified atom stereocenters. The Labute approximate surface area is 177 Å². The predicted octanol–water partition coefficient (Wildman–Crippen LogP) is 3.03. The van der Waals surface area contributed by atoms with Gasteiger partial charge in [-0.25, -0.2) is 0 Å². The fraction of sp³-hybridized carbons (Fsp3) is 0.391. The van der Waals surface area contributed by atoms with Gasteiger partial charge in [0.2, 0.25) is 11.8 Å². The van der Waals surface area contributed by atoms with E-state index >= 15 is 0 Å². The SMILES string of the molecule is CNC(=O)C(C)N(Cc1cccc(OC)c1)C(=O)CCCOc1ccc(OC)cc1. The molecular formula is C23H30N2O5. The first-order valence-corrected chi connectivity index (χ1v) is 9.89. The summed E-state index contributed by atoms with van der Waals surface area (Å²) in [6.07, 6.45) is 0.821. The van der Waals surface area contributed by atoms with Crippen molar-refractivity contribution in [2.24, 2.45) is 0 Å². The summed E-state index contributed by atoms with van der Waals surface area (Å²) in [5.74, 6) is 1.87. The number of methoxy groups -OCH3 is 2. The van der Waals surface area contributed by atoms with Gasteiger partial charge in [0.05, 0.1) is 20.8 Å². The lowest BCUT2D eigenvalue weighted by atomic mass is 10.1. The molecule has 0 bridgehead atoms. The van der Waals surface area contributed by atoms with Crippen LogP contribution in [0.5, 0.6) is 17.2 Å². The largest absolute Gasteiger partial charge is 0.497 e. The number of likely N-dealkylation sites (N-methyl/N-ethyl adjacent to an activating group) is 1. The third kappa shape index (κ3) is 6.69. The molecule has 0 aliphatic heterocycles. The standard InChI is InChI=1S/C23H30N2O5/c1-17(23(27)24-2)25(16-18-7-5-8-21(15-18)29-4)22(26)9-6-14-30-20-12-10-19(28-3)11-13-20/h5,7-8,10-13,15,17H,6,9,14,16H2,1-4H3,(H,24,27). The number of ether oxygens (including phenoxy) is 3. The van der Waals surface area contributed by atoms with Crippen LogP contribution in [-0.4, -0.2) is 50.6 Å². The third-order valence-electron chi connectivity index (χ3n) is 4.76. The molecule has 2 aromatic rings. The van der Waals surface area contributed by atoms with Gasteiger partial charge in [-0.2, -0.15) is 0 Å². The Morgan fingerprint density at radius 1 is 1.00 bits per heavy atom. The van der Waals surface area contributed by atoms with Crippen LogP contribution in [0.2, 0.25) is 0 Å². The van der Waals surface area contributed by atoms with Crippen molar-refractivity contribution in [3.8, 4) is 17.2 Å². The summed E-state index contributed by atoms with van der Waals surface area (Å²) in [6, 6.07) is 14.2. The van der Waals surface area contributed by atoms with Crippen LogP contribution in [0, 0.1) is 0 Å². The molecule has 0 radical (unpaired) electrons. The van der Waals surface area contributed by atoms with Gasteiger partial charge in [0, 0.05) is 20.0 Å². The molecule has 1 atom stereocenters. The monoisotopic (exact) mass is 414 g/mol. The topological polar surface area (TPSA) is 77.1 Å². The molecule has 0 fully saturated rings. The number of carbonyl (C=O) groups excluding carboxylic acids is 2. The van der Waals surface area contributed by atoms with Crippen molar-refractivity contribution in [1.29, 1.82) is 0 Å². The number of benzene rings is 2. The van der Waals surface area contributed by atoms with E-state index in [0.29, 0.717) is 25.3 Å². The van der Waals surface area contributed by atoms with E-state index in [4.69, 9.17) is 14.2 Å². The van der Waals surface area contributed by atoms with E-state index in [0.717, 1.165) is 17.1 Å². The third-order valence-corrected chi connectivity index (χ3v) is 4.76. The fourth-order valence-corrected chi connectivity index (χ4v) is 2.99. The number of nitrogens with one attached hydrogen (secondary N) is 1. The Morgan fingerprint density at radius 3 is 2.30 bits per heavy atom. The van der Waals surface area contributed by atoms with Crippen molar-refractivity contribution in [2.75, 3.05) is 27.9 Å². The fourth-order valence-electron chi connectivity index (χ4n) is 2.99. The van der Waals surface area contributed by atoms with Crippen LogP contribution in [0.1, 0.15) is 25.3 Å². The number of amides is 2. The van der Waals surface area contributed by atoms with E-state index in [2.05, 4.69) is 5.32 Å². The molecule has 1 N–H and O–H groups in total. The summed E-state index contributed by atoms with van der Waals surface area (Å²) in [5.41, 5.74) is 0.896. The first-order chi connectivity index (χ1) is 14.5. The van der Waals surface area contributed by atoms with Crippen LogP contribution in [0.4, 0.5) is 0 Å². The van der Waals surface area contributed by atoms with E-state index < -0.39 is 6.04 Å². The number of carbonyl (C=O) groups is 2. The molecule has 162 valence electrons. The van der Waals surface area contributed by atoms with Crippen LogP contribution < -0.4 is 19.5 Å². The normalized spacial score (nSPS) is 11.3. The zero-order valence-corrected chi connectivity index (χ0v) is 18.0. The minimum atomic E-state index is -0.587. The van der Waals surface area contributed by atoms with E-state index in [-0.39, 0.29) is 18.2 Å². The quantitative estimate of drug-likeness (QED) is 0.572.